The Bertz CT molecular complexity index is 464. The molecule has 1 aromatic carbocycles. The first kappa shape index (κ1) is 12.4. The molecule has 2 saturated carbocycles. The lowest BCUT2D eigenvalue weighted by Gasteiger charge is -2.26. The van der Waals surface area contributed by atoms with Crippen molar-refractivity contribution < 1.29 is 4.39 Å². The van der Waals surface area contributed by atoms with Crippen molar-refractivity contribution in [1.82, 2.24) is 5.32 Å². The highest BCUT2D eigenvalue weighted by molar-refractivity contribution is 6.31. The monoisotopic (exact) mass is 267 g/mol. The normalized spacial score (nSPS) is 31.2. The third kappa shape index (κ3) is 2.06. The van der Waals surface area contributed by atoms with Gasteiger partial charge in [-0.15, -0.1) is 0 Å². The highest BCUT2D eigenvalue weighted by atomic mass is 35.5. The fourth-order valence-corrected chi connectivity index (χ4v) is 3.86. The highest BCUT2D eigenvalue weighted by Crippen LogP contribution is 2.57. The molecular formula is C15H19ClFN. The number of aryl methyl sites for hydroxylation is 1. The van der Waals surface area contributed by atoms with Gasteiger partial charge < -0.3 is 5.32 Å². The van der Waals surface area contributed by atoms with E-state index in [1.165, 1.54) is 25.3 Å². The van der Waals surface area contributed by atoms with Gasteiger partial charge in [-0.05, 0) is 68.2 Å². The van der Waals surface area contributed by atoms with Gasteiger partial charge in [-0.1, -0.05) is 17.7 Å². The smallest absolute Gasteiger partial charge is 0.127 e. The summed E-state index contributed by atoms with van der Waals surface area (Å²) >= 11 is 6.22. The van der Waals surface area contributed by atoms with Crippen LogP contribution in [0.5, 0.6) is 0 Å². The summed E-state index contributed by atoms with van der Waals surface area (Å²) < 4.78 is 13.5. The Balaban J connectivity index is 1.88. The van der Waals surface area contributed by atoms with Crippen LogP contribution in [-0.4, -0.2) is 7.05 Å². The van der Waals surface area contributed by atoms with Gasteiger partial charge >= 0.3 is 0 Å². The van der Waals surface area contributed by atoms with Crippen LogP contribution in [0.3, 0.4) is 0 Å². The van der Waals surface area contributed by atoms with Crippen LogP contribution >= 0.6 is 11.6 Å². The van der Waals surface area contributed by atoms with Gasteiger partial charge in [0.2, 0.25) is 0 Å². The summed E-state index contributed by atoms with van der Waals surface area (Å²) in [6.45, 7) is 1.80. The van der Waals surface area contributed by atoms with E-state index in [1.54, 1.807) is 6.92 Å². The zero-order chi connectivity index (χ0) is 12.9. The molecule has 98 valence electrons. The molecule has 3 unspecified atom stereocenters. The number of fused-ring (bicyclic) bond motifs is 1. The van der Waals surface area contributed by atoms with Gasteiger partial charge in [-0.25, -0.2) is 4.39 Å². The van der Waals surface area contributed by atoms with Gasteiger partial charge in [-0.3, -0.25) is 0 Å². The third-order valence-electron chi connectivity index (χ3n) is 4.68. The number of benzene rings is 1. The molecule has 2 fully saturated rings. The number of hydrogen-bond acceptors (Lipinski definition) is 1. The Morgan fingerprint density at radius 3 is 2.56 bits per heavy atom. The summed E-state index contributed by atoms with van der Waals surface area (Å²) in [4.78, 5) is 0. The van der Waals surface area contributed by atoms with E-state index in [1.807, 2.05) is 13.1 Å². The highest BCUT2D eigenvalue weighted by Gasteiger charge is 2.48. The Morgan fingerprint density at radius 2 is 1.94 bits per heavy atom. The van der Waals surface area contributed by atoms with Gasteiger partial charge in [0.05, 0.1) is 0 Å². The molecule has 2 aliphatic carbocycles. The van der Waals surface area contributed by atoms with Gasteiger partial charge in [0, 0.05) is 11.1 Å². The number of nitrogens with one attached hydrogen (secondary N) is 1. The van der Waals surface area contributed by atoms with Crippen LogP contribution in [0.1, 0.15) is 36.4 Å². The van der Waals surface area contributed by atoms with Crippen LogP contribution in [0, 0.1) is 30.5 Å². The number of hydrogen-bond donors (Lipinski definition) is 1. The lowest BCUT2D eigenvalue weighted by atomic mass is 9.88. The quantitative estimate of drug-likeness (QED) is 0.870. The standard InChI is InChI=1S/C15H19ClFN/c1-8-3-12(13(16)7-14(8)17)15(18-2)11-5-9-4-10(9)6-11/h3,7,9-11,15,18H,4-6H2,1-2H3. The Morgan fingerprint density at radius 1 is 1.28 bits per heavy atom. The average Bonchev–Trinajstić information content (AvgIpc) is 2.94. The predicted octanol–water partition coefficient (Wildman–Crippen LogP) is 4.09. The topological polar surface area (TPSA) is 12.0 Å². The summed E-state index contributed by atoms with van der Waals surface area (Å²) in [6.07, 6.45) is 4.01. The molecule has 1 aromatic rings. The molecule has 3 rings (SSSR count). The van der Waals surface area contributed by atoms with Crippen molar-refractivity contribution >= 4 is 11.6 Å². The van der Waals surface area contributed by atoms with Crippen molar-refractivity contribution in [1.29, 1.82) is 0 Å². The van der Waals surface area contributed by atoms with Gasteiger partial charge in [-0.2, -0.15) is 0 Å². The van der Waals surface area contributed by atoms with Crippen molar-refractivity contribution in [2.24, 2.45) is 17.8 Å². The molecule has 3 atom stereocenters. The first-order valence-electron chi connectivity index (χ1n) is 6.73. The molecule has 0 amide bonds. The van der Waals surface area contributed by atoms with Crippen molar-refractivity contribution in [3.05, 3.63) is 34.1 Å². The van der Waals surface area contributed by atoms with E-state index in [9.17, 15) is 4.39 Å². The predicted molar refractivity (Wildman–Crippen MR) is 72.3 cm³/mol. The fraction of sp³-hybridized carbons (Fsp3) is 0.600. The van der Waals surface area contributed by atoms with Crippen molar-refractivity contribution in [2.75, 3.05) is 7.05 Å². The summed E-state index contributed by atoms with van der Waals surface area (Å²) in [5.74, 6) is 2.34. The number of rotatable bonds is 3. The molecule has 0 bridgehead atoms. The van der Waals surface area contributed by atoms with Crippen LogP contribution < -0.4 is 5.32 Å². The molecule has 1 nitrogen and oxygen atoms in total. The van der Waals surface area contributed by atoms with E-state index in [-0.39, 0.29) is 11.9 Å². The van der Waals surface area contributed by atoms with Crippen LogP contribution in [0.15, 0.2) is 12.1 Å². The SMILES string of the molecule is CNC(c1cc(C)c(F)cc1Cl)C1CC2CC2C1. The molecule has 0 spiro atoms. The summed E-state index contributed by atoms with van der Waals surface area (Å²) in [5.41, 5.74) is 1.74. The molecule has 0 heterocycles. The minimum Gasteiger partial charge on any atom is -0.313 e. The number of halogens is 2. The zero-order valence-corrected chi connectivity index (χ0v) is 11.6. The van der Waals surface area contributed by atoms with E-state index in [2.05, 4.69) is 5.32 Å². The maximum atomic E-state index is 13.5. The molecule has 3 heteroatoms. The Hall–Kier alpha value is -0.600. The van der Waals surface area contributed by atoms with Crippen molar-refractivity contribution in [3.8, 4) is 0 Å². The molecule has 18 heavy (non-hydrogen) atoms. The lowest BCUT2D eigenvalue weighted by Crippen LogP contribution is -2.25. The molecule has 0 aromatic heterocycles. The average molecular weight is 268 g/mol. The second-order valence-corrected chi connectivity index (χ2v) is 6.28. The molecular weight excluding hydrogens is 249 g/mol. The van der Waals surface area contributed by atoms with Crippen LogP contribution in [0.4, 0.5) is 4.39 Å². The van der Waals surface area contributed by atoms with E-state index in [0.29, 0.717) is 16.5 Å². The summed E-state index contributed by atoms with van der Waals surface area (Å²) in [6, 6.07) is 3.62. The van der Waals surface area contributed by atoms with E-state index >= 15 is 0 Å². The van der Waals surface area contributed by atoms with Crippen molar-refractivity contribution in [2.45, 2.75) is 32.2 Å². The minimum atomic E-state index is -0.215. The van der Waals surface area contributed by atoms with Gasteiger partial charge in [0.1, 0.15) is 5.82 Å². The van der Waals surface area contributed by atoms with E-state index in [4.69, 9.17) is 11.6 Å². The molecule has 0 radical (unpaired) electrons. The van der Waals surface area contributed by atoms with Crippen LogP contribution in [0.25, 0.3) is 0 Å². The molecule has 0 saturated heterocycles. The second-order valence-electron chi connectivity index (χ2n) is 5.88. The maximum Gasteiger partial charge on any atom is 0.127 e. The van der Waals surface area contributed by atoms with Crippen LogP contribution in [-0.2, 0) is 0 Å². The molecule has 0 aliphatic heterocycles. The molecule has 1 N–H and O–H groups in total. The van der Waals surface area contributed by atoms with Crippen molar-refractivity contribution in [3.63, 3.8) is 0 Å². The fourth-order valence-electron chi connectivity index (χ4n) is 3.60. The third-order valence-corrected chi connectivity index (χ3v) is 5.00. The molecule has 2 aliphatic rings. The first-order valence-corrected chi connectivity index (χ1v) is 7.10. The van der Waals surface area contributed by atoms with E-state index < -0.39 is 0 Å². The zero-order valence-electron chi connectivity index (χ0n) is 10.8. The largest absolute Gasteiger partial charge is 0.313 e. The summed E-state index contributed by atoms with van der Waals surface area (Å²) in [5, 5.41) is 3.94. The van der Waals surface area contributed by atoms with E-state index in [0.717, 1.165) is 17.4 Å². The summed E-state index contributed by atoms with van der Waals surface area (Å²) in [7, 11) is 1.98. The first-order chi connectivity index (χ1) is 8.60. The Kier molecular flexibility index (Phi) is 3.11. The van der Waals surface area contributed by atoms with Gasteiger partial charge in [0.15, 0.2) is 0 Å². The van der Waals surface area contributed by atoms with Crippen LogP contribution in [0.2, 0.25) is 5.02 Å². The van der Waals surface area contributed by atoms with Gasteiger partial charge in [0.25, 0.3) is 0 Å². The lowest BCUT2D eigenvalue weighted by molar-refractivity contribution is 0.359. The Labute approximate surface area is 113 Å². The minimum absolute atomic E-state index is 0.215. The second kappa shape index (κ2) is 4.50. The maximum absolute atomic E-state index is 13.5.